The number of halogens is 3. The third-order valence-electron chi connectivity index (χ3n) is 3.43. The van der Waals surface area contributed by atoms with E-state index < -0.39 is 11.6 Å². The summed E-state index contributed by atoms with van der Waals surface area (Å²) in [5.41, 5.74) is 7.07. The van der Waals surface area contributed by atoms with Gasteiger partial charge < -0.3 is 20.5 Å². The van der Waals surface area contributed by atoms with Crippen molar-refractivity contribution in [3.63, 3.8) is 0 Å². The van der Waals surface area contributed by atoms with Gasteiger partial charge in [-0.2, -0.15) is 0 Å². The van der Waals surface area contributed by atoms with Gasteiger partial charge in [0.1, 0.15) is 23.1 Å². The number of nitrogens with one attached hydrogen (secondary N) is 1. The van der Waals surface area contributed by atoms with Gasteiger partial charge in [0, 0.05) is 18.7 Å². The molecule has 0 aliphatic rings. The third kappa shape index (κ3) is 7.58. The van der Waals surface area contributed by atoms with Crippen molar-refractivity contribution in [1.82, 2.24) is 0 Å². The lowest BCUT2D eigenvalue weighted by Gasteiger charge is -2.14. The van der Waals surface area contributed by atoms with Crippen LogP contribution in [0.2, 0.25) is 0 Å². The van der Waals surface area contributed by atoms with Crippen molar-refractivity contribution in [3.05, 3.63) is 53.6 Å². The number of aliphatic imine (C=N–C) groups is 1. The molecule has 0 bridgehead atoms. The first kappa shape index (κ1) is 22.9. The minimum absolute atomic E-state index is 0. The highest BCUT2D eigenvalue weighted by atomic mass is 127. The zero-order valence-electron chi connectivity index (χ0n) is 15.3. The van der Waals surface area contributed by atoms with Gasteiger partial charge >= 0.3 is 0 Å². The van der Waals surface area contributed by atoms with E-state index in [9.17, 15) is 8.78 Å². The lowest BCUT2D eigenvalue weighted by Crippen LogP contribution is -2.23. The van der Waals surface area contributed by atoms with Gasteiger partial charge in [-0.1, -0.05) is 0 Å². The van der Waals surface area contributed by atoms with Gasteiger partial charge in [-0.25, -0.2) is 8.78 Å². The van der Waals surface area contributed by atoms with E-state index in [1.54, 1.807) is 12.1 Å². The van der Waals surface area contributed by atoms with Crippen LogP contribution in [0, 0.1) is 11.6 Å². The number of rotatable bonds is 8. The van der Waals surface area contributed by atoms with Crippen LogP contribution in [-0.2, 0) is 6.42 Å². The monoisotopic (exact) mass is 491 g/mol. The van der Waals surface area contributed by atoms with Crippen LogP contribution >= 0.6 is 24.0 Å². The van der Waals surface area contributed by atoms with Gasteiger partial charge in [0.15, 0.2) is 5.96 Å². The summed E-state index contributed by atoms with van der Waals surface area (Å²) in [6.45, 7) is 5.12. The normalized spacial score (nSPS) is 10.9. The molecule has 2 aromatic rings. The molecule has 0 aliphatic heterocycles. The SMILES string of the molecule is CCOc1ccc(OCC)c(NC(N)=NCCc2cc(F)cc(F)c2)c1.I. The highest BCUT2D eigenvalue weighted by Gasteiger charge is 2.07. The van der Waals surface area contributed by atoms with Gasteiger partial charge in [-0.15, -0.1) is 24.0 Å². The molecule has 0 spiro atoms. The van der Waals surface area contributed by atoms with Gasteiger partial charge in [-0.3, -0.25) is 4.99 Å². The number of guanidine groups is 1. The highest BCUT2D eigenvalue weighted by molar-refractivity contribution is 14.0. The van der Waals surface area contributed by atoms with Crippen molar-refractivity contribution in [3.8, 4) is 11.5 Å². The smallest absolute Gasteiger partial charge is 0.193 e. The molecule has 27 heavy (non-hydrogen) atoms. The fourth-order valence-corrected chi connectivity index (χ4v) is 2.38. The van der Waals surface area contributed by atoms with E-state index in [0.29, 0.717) is 42.4 Å². The van der Waals surface area contributed by atoms with Crippen molar-refractivity contribution in [2.75, 3.05) is 25.1 Å². The van der Waals surface area contributed by atoms with Crippen LogP contribution in [0.25, 0.3) is 0 Å². The molecule has 0 unspecified atom stereocenters. The maximum Gasteiger partial charge on any atom is 0.193 e. The lowest BCUT2D eigenvalue weighted by molar-refractivity contribution is 0.332. The minimum Gasteiger partial charge on any atom is -0.494 e. The summed E-state index contributed by atoms with van der Waals surface area (Å²) in [6, 6.07) is 8.77. The average Bonchev–Trinajstić information content (AvgIpc) is 2.57. The number of ether oxygens (including phenoxy) is 2. The summed E-state index contributed by atoms with van der Waals surface area (Å²) in [7, 11) is 0. The lowest BCUT2D eigenvalue weighted by atomic mass is 10.1. The Morgan fingerprint density at radius 3 is 2.33 bits per heavy atom. The van der Waals surface area contributed by atoms with Crippen molar-refractivity contribution in [2.24, 2.45) is 10.7 Å². The molecule has 0 saturated heterocycles. The second kappa shape index (κ2) is 11.6. The van der Waals surface area contributed by atoms with E-state index in [4.69, 9.17) is 15.2 Å². The first-order valence-corrected chi connectivity index (χ1v) is 8.43. The standard InChI is InChI=1S/C19H23F2N3O2.HI/c1-3-25-16-5-6-18(26-4-2)17(12-16)24-19(22)23-8-7-13-9-14(20)11-15(21)10-13;/h5-6,9-12H,3-4,7-8H2,1-2H3,(H3,22,23,24);1H. The zero-order valence-corrected chi connectivity index (χ0v) is 17.6. The summed E-state index contributed by atoms with van der Waals surface area (Å²) in [5, 5.41) is 2.98. The molecule has 0 atom stereocenters. The van der Waals surface area contributed by atoms with Gasteiger partial charge in [0.05, 0.1) is 18.9 Å². The van der Waals surface area contributed by atoms with Crippen molar-refractivity contribution in [2.45, 2.75) is 20.3 Å². The summed E-state index contributed by atoms with van der Waals surface area (Å²) < 4.78 is 37.4. The molecule has 5 nitrogen and oxygen atoms in total. The summed E-state index contributed by atoms with van der Waals surface area (Å²) in [5.74, 6) is 0.271. The first-order chi connectivity index (χ1) is 12.5. The maximum absolute atomic E-state index is 13.2. The van der Waals surface area contributed by atoms with E-state index >= 15 is 0 Å². The van der Waals surface area contributed by atoms with E-state index in [1.807, 2.05) is 19.9 Å². The van der Waals surface area contributed by atoms with Crippen molar-refractivity contribution in [1.29, 1.82) is 0 Å². The second-order valence-corrected chi connectivity index (χ2v) is 5.44. The largest absolute Gasteiger partial charge is 0.494 e. The number of nitrogens with two attached hydrogens (primary N) is 1. The molecule has 8 heteroatoms. The Labute approximate surface area is 175 Å². The van der Waals surface area contributed by atoms with Crippen LogP contribution in [-0.4, -0.2) is 25.7 Å². The third-order valence-corrected chi connectivity index (χ3v) is 3.43. The fourth-order valence-electron chi connectivity index (χ4n) is 2.38. The molecule has 2 rings (SSSR count). The number of nitrogens with zero attached hydrogens (tertiary/aromatic N) is 1. The quantitative estimate of drug-likeness (QED) is 0.328. The van der Waals surface area contributed by atoms with Crippen LogP contribution in [0.3, 0.4) is 0 Å². The maximum atomic E-state index is 13.2. The molecular formula is C19H24F2IN3O2. The second-order valence-electron chi connectivity index (χ2n) is 5.44. The molecule has 148 valence electrons. The Hall–Kier alpha value is -2.10. The Kier molecular flexibility index (Phi) is 9.84. The molecule has 0 fully saturated rings. The van der Waals surface area contributed by atoms with E-state index in [0.717, 1.165) is 6.07 Å². The summed E-state index contributed by atoms with van der Waals surface area (Å²) in [4.78, 5) is 4.19. The Balaban J connectivity index is 0.00000364. The molecular weight excluding hydrogens is 467 g/mol. The fraction of sp³-hybridized carbons (Fsp3) is 0.316. The number of hydrogen-bond donors (Lipinski definition) is 2. The first-order valence-electron chi connectivity index (χ1n) is 8.43. The molecule has 2 aromatic carbocycles. The molecule has 0 heterocycles. The molecule has 0 radical (unpaired) electrons. The summed E-state index contributed by atoms with van der Waals surface area (Å²) >= 11 is 0. The Bertz CT molecular complexity index is 752. The van der Waals surface area contributed by atoms with Crippen LogP contribution in [0.4, 0.5) is 14.5 Å². The average molecular weight is 491 g/mol. The molecule has 0 aromatic heterocycles. The topological polar surface area (TPSA) is 68.9 Å². The van der Waals surface area contributed by atoms with Crippen LogP contribution in [0.15, 0.2) is 41.4 Å². The Morgan fingerprint density at radius 1 is 1.04 bits per heavy atom. The van der Waals surface area contributed by atoms with E-state index in [1.165, 1.54) is 12.1 Å². The predicted molar refractivity (Wildman–Crippen MR) is 114 cm³/mol. The van der Waals surface area contributed by atoms with Crippen LogP contribution in [0.1, 0.15) is 19.4 Å². The van der Waals surface area contributed by atoms with Crippen LogP contribution in [0.5, 0.6) is 11.5 Å². The predicted octanol–water partition coefficient (Wildman–Crippen LogP) is 4.35. The number of anilines is 1. The highest BCUT2D eigenvalue weighted by Crippen LogP contribution is 2.29. The van der Waals surface area contributed by atoms with Gasteiger partial charge in [-0.05, 0) is 50.1 Å². The zero-order chi connectivity index (χ0) is 18.9. The number of benzene rings is 2. The molecule has 0 aliphatic carbocycles. The molecule has 0 amide bonds. The van der Waals surface area contributed by atoms with Gasteiger partial charge in [0.25, 0.3) is 0 Å². The van der Waals surface area contributed by atoms with Crippen molar-refractivity contribution < 1.29 is 18.3 Å². The van der Waals surface area contributed by atoms with Crippen molar-refractivity contribution >= 4 is 35.6 Å². The Morgan fingerprint density at radius 2 is 1.70 bits per heavy atom. The minimum atomic E-state index is -0.607. The van der Waals surface area contributed by atoms with E-state index in [-0.39, 0.29) is 36.5 Å². The summed E-state index contributed by atoms with van der Waals surface area (Å²) in [6.07, 6.45) is 0.369. The van der Waals surface area contributed by atoms with Crippen LogP contribution < -0.4 is 20.5 Å². The van der Waals surface area contributed by atoms with E-state index in [2.05, 4.69) is 10.3 Å². The molecule has 3 N–H and O–H groups in total. The van der Waals surface area contributed by atoms with Gasteiger partial charge in [0.2, 0.25) is 0 Å². The number of hydrogen-bond acceptors (Lipinski definition) is 3. The molecule has 0 saturated carbocycles.